The summed E-state index contributed by atoms with van der Waals surface area (Å²) in [6.07, 6.45) is 7.87. The Labute approximate surface area is 321 Å². The molecule has 8 rings (SSSR count). The molecule has 0 atom stereocenters. The lowest BCUT2D eigenvalue weighted by Crippen LogP contribution is -2.48. The summed E-state index contributed by atoms with van der Waals surface area (Å²) in [4.78, 5) is 31.3. The molecule has 0 spiro atoms. The van der Waals surface area contributed by atoms with Crippen LogP contribution >= 0.6 is 23.1 Å². The topological polar surface area (TPSA) is 135 Å². The van der Waals surface area contributed by atoms with Crippen molar-refractivity contribution >= 4 is 73.9 Å². The van der Waals surface area contributed by atoms with E-state index in [9.17, 15) is 9.36 Å². The number of benzene rings is 2. The zero-order chi connectivity index (χ0) is 37.7. The zero-order valence-electron chi connectivity index (χ0n) is 30.9. The van der Waals surface area contributed by atoms with Gasteiger partial charge in [-0.25, -0.2) is 4.98 Å². The quantitative estimate of drug-likeness (QED) is 0.141. The lowest BCUT2D eigenvalue weighted by atomic mass is 10.0. The molecule has 1 aliphatic carbocycles. The molecule has 2 N–H and O–H groups in total. The molecule has 2 fully saturated rings. The molecular formula is C39H42BrN10O3P. The fourth-order valence-corrected chi connectivity index (χ4v) is 8.96. The first kappa shape index (κ1) is 35.8. The van der Waals surface area contributed by atoms with Crippen LogP contribution in [0, 0.1) is 0 Å². The van der Waals surface area contributed by atoms with E-state index in [4.69, 9.17) is 14.7 Å². The molecule has 15 heteroatoms. The Hall–Kier alpha value is -5.20. The molecule has 54 heavy (non-hydrogen) atoms. The molecule has 4 aromatic heterocycles. The second kappa shape index (κ2) is 14.2. The van der Waals surface area contributed by atoms with Crippen LogP contribution in [0.2, 0.25) is 0 Å². The van der Waals surface area contributed by atoms with E-state index in [1.54, 1.807) is 42.0 Å². The number of nitrogens with zero attached hydrogens (tertiary/aromatic N) is 8. The van der Waals surface area contributed by atoms with E-state index in [-0.39, 0.29) is 5.56 Å². The van der Waals surface area contributed by atoms with Gasteiger partial charge in [0.2, 0.25) is 5.95 Å². The number of nitrogens with one attached hydrogen (secondary N) is 2. The normalized spacial score (nSPS) is 14.8. The van der Waals surface area contributed by atoms with Crippen molar-refractivity contribution in [2.24, 2.45) is 14.1 Å². The van der Waals surface area contributed by atoms with Crippen LogP contribution in [0.1, 0.15) is 24.5 Å². The maximum absolute atomic E-state index is 13.8. The van der Waals surface area contributed by atoms with E-state index in [2.05, 4.69) is 58.6 Å². The minimum Gasteiger partial charge on any atom is -0.494 e. The number of aromatic nitrogens is 6. The number of anilines is 6. The van der Waals surface area contributed by atoms with Gasteiger partial charge in [-0.05, 0) is 72.4 Å². The molecule has 1 saturated carbocycles. The lowest BCUT2D eigenvalue weighted by molar-refractivity contribution is 0.416. The molecule has 5 heterocycles. The second-order valence-corrected chi connectivity index (χ2v) is 18.3. The number of hydrogen-bond acceptors (Lipinski definition) is 11. The summed E-state index contributed by atoms with van der Waals surface area (Å²) in [6.45, 7) is 6.55. The van der Waals surface area contributed by atoms with Crippen LogP contribution in [0.3, 0.4) is 0 Å². The molecule has 2 aliphatic rings. The molecule has 0 unspecified atom stereocenters. The van der Waals surface area contributed by atoms with Gasteiger partial charge in [-0.2, -0.15) is 10.1 Å². The maximum atomic E-state index is 13.8. The van der Waals surface area contributed by atoms with Gasteiger partial charge in [-0.3, -0.25) is 19.0 Å². The fraction of sp³-hybridized carbons (Fsp3) is 0.308. The Kier molecular flexibility index (Phi) is 9.43. The highest BCUT2D eigenvalue weighted by atomic mass is 79.9. The number of halogens is 1. The van der Waals surface area contributed by atoms with E-state index >= 15 is 0 Å². The molecular weight excluding hydrogens is 767 g/mol. The van der Waals surface area contributed by atoms with Crippen LogP contribution in [0.15, 0.2) is 82.5 Å². The van der Waals surface area contributed by atoms with Crippen molar-refractivity contribution in [3.8, 4) is 16.9 Å². The SMILES string of the molecule is COc1cc(N2CCN(c3cccc(=O)n3C)CC2)c(-c2cnn(C)c2)cc1Nc1ncc(Br)c(Nc2ccc3nc(C4CC4)ccc3c2P(C)(C)=O)n1. The molecule has 0 amide bonds. The van der Waals surface area contributed by atoms with Crippen LogP contribution in [-0.4, -0.2) is 75.9 Å². The van der Waals surface area contributed by atoms with Gasteiger partial charge in [0.1, 0.15) is 24.5 Å². The standard InChI is InChI=1S/C39H42BrN10O3P/c1-47-23-25(21-42-47)27-19-32(34(53-3)20-33(27)49-15-17-50(18-16-49)35-7-6-8-36(51)48(35)2)45-39-41-22-28(40)38(46-39)44-31-14-13-30-26(37(31)54(4,5)52)11-12-29(43-30)24-9-10-24/h6-8,11-14,19-24H,9-10,15-18H2,1-5H3,(H2,41,44,45,46). The van der Waals surface area contributed by atoms with E-state index in [1.165, 1.54) is 12.8 Å². The Bertz CT molecular complexity index is 2500. The molecule has 1 aliphatic heterocycles. The number of fused-ring (bicyclic) bond motifs is 1. The van der Waals surface area contributed by atoms with Crippen molar-refractivity contribution in [2.45, 2.75) is 18.8 Å². The predicted octanol–water partition coefficient (Wildman–Crippen LogP) is 6.83. The van der Waals surface area contributed by atoms with Crippen LogP contribution in [0.4, 0.5) is 34.6 Å². The largest absolute Gasteiger partial charge is 0.494 e. The summed E-state index contributed by atoms with van der Waals surface area (Å²) >= 11 is 3.63. The first-order chi connectivity index (χ1) is 26.0. The van der Waals surface area contributed by atoms with Gasteiger partial charge in [-0.15, -0.1) is 0 Å². The molecule has 1 saturated heterocycles. The number of rotatable bonds is 10. The number of methoxy groups -OCH3 is 1. The number of ether oxygens (including phenoxy) is 1. The third-order valence-electron chi connectivity index (χ3n) is 10.1. The predicted molar refractivity (Wildman–Crippen MR) is 220 cm³/mol. The molecule has 6 aromatic rings. The summed E-state index contributed by atoms with van der Waals surface area (Å²) in [5, 5.41) is 12.9. The second-order valence-electron chi connectivity index (χ2n) is 14.3. The van der Waals surface area contributed by atoms with E-state index in [0.29, 0.717) is 39.3 Å². The Balaban J connectivity index is 1.10. The minimum atomic E-state index is -2.75. The summed E-state index contributed by atoms with van der Waals surface area (Å²) in [6, 6.07) is 17.5. The molecule has 13 nitrogen and oxygen atoms in total. The fourth-order valence-electron chi connectivity index (χ4n) is 7.19. The van der Waals surface area contributed by atoms with Gasteiger partial charge in [0.05, 0.1) is 34.7 Å². The lowest BCUT2D eigenvalue weighted by Gasteiger charge is -2.38. The van der Waals surface area contributed by atoms with Crippen LogP contribution in [0.25, 0.3) is 22.0 Å². The third-order valence-corrected chi connectivity index (χ3v) is 12.2. The Morgan fingerprint density at radius 3 is 2.39 bits per heavy atom. The molecule has 278 valence electrons. The molecule has 0 radical (unpaired) electrons. The number of aryl methyl sites for hydroxylation is 1. The van der Waals surface area contributed by atoms with Crippen LogP contribution in [-0.2, 0) is 18.7 Å². The Morgan fingerprint density at radius 2 is 1.69 bits per heavy atom. The molecule has 0 bridgehead atoms. The van der Waals surface area contributed by atoms with Crippen molar-refractivity contribution in [2.75, 3.05) is 67.1 Å². The van der Waals surface area contributed by atoms with Crippen LogP contribution in [0.5, 0.6) is 5.75 Å². The van der Waals surface area contributed by atoms with Crippen molar-refractivity contribution < 1.29 is 9.30 Å². The first-order valence-electron chi connectivity index (χ1n) is 17.9. The van der Waals surface area contributed by atoms with Crippen molar-refractivity contribution in [3.63, 3.8) is 0 Å². The van der Waals surface area contributed by atoms with E-state index in [0.717, 1.165) is 70.7 Å². The Morgan fingerprint density at radius 1 is 0.907 bits per heavy atom. The van der Waals surface area contributed by atoms with Crippen molar-refractivity contribution in [3.05, 3.63) is 93.7 Å². The number of piperazine rings is 1. The monoisotopic (exact) mass is 808 g/mol. The maximum Gasteiger partial charge on any atom is 0.251 e. The van der Waals surface area contributed by atoms with Gasteiger partial charge in [0.25, 0.3) is 5.56 Å². The van der Waals surface area contributed by atoms with Gasteiger partial charge < -0.3 is 29.7 Å². The highest BCUT2D eigenvalue weighted by molar-refractivity contribution is 9.10. The smallest absolute Gasteiger partial charge is 0.251 e. The van der Waals surface area contributed by atoms with E-state index in [1.807, 2.05) is 62.9 Å². The van der Waals surface area contributed by atoms with Crippen LogP contribution < -0.4 is 36.0 Å². The zero-order valence-corrected chi connectivity index (χ0v) is 33.4. The summed E-state index contributed by atoms with van der Waals surface area (Å²) in [7, 11) is 2.61. The van der Waals surface area contributed by atoms with Crippen molar-refractivity contribution in [1.29, 1.82) is 0 Å². The third kappa shape index (κ3) is 7.07. The average Bonchev–Trinajstić information content (AvgIpc) is 3.92. The molecule has 2 aromatic carbocycles. The first-order valence-corrected chi connectivity index (χ1v) is 21.3. The average molecular weight is 810 g/mol. The van der Waals surface area contributed by atoms with E-state index < -0.39 is 7.14 Å². The van der Waals surface area contributed by atoms with Gasteiger partial charge >= 0.3 is 0 Å². The number of pyridine rings is 2. The summed E-state index contributed by atoms with van der Waals surface area (Å²) < 4.78 is 23.9. The number of hydrogen-bond donors (Lipinski definition) is 2. The van der Waals surface area contributed by atoms with Gasteiger partial charge in [0.15, 0.2) is 0 Å². The highest BCUT2D eigenvalue weighted by Gasteiger charge is 2.28. The van der Waals surface area contributed by atoms with Gasteiger partial charge in [0, 0.05) is 104 Å². The van der Waals surface area contributed by atoms with Gasteiger partial charge in [-0.1, -0.05) is 12.1 Å². The minimum absolute atomic E-state index is 0.0231. The summed E-state index contributed by atoms with van der Waals surface area (Å²) in [5.41, 5.74) is 6.25. The summed E-state index contributed by atoms with van der Waals surface area (Å²) in [5.74, 6) is 2.92. The highest BCUT2D eigenvalue weighted by Crippen LogP contribution is 2.44. The van der Waals surface area contributed by atoms with Crippen molar-refractivity contribution in [1.82, 2.24) is 29.3 Å².